The summed E-state index contributed by atoms with van der Waals surface area (Å²) in [7, 11) is 1.78. The van der Waals surface area contributed by atoms with E-state index in [0.717, 1.165) is 25.3 Å². The fourth-order valence-electron chi connectivity index (χ4n) is 2.70. The standard InChI is InChI=1S/C18H28N4O2/c1-4-24-18(23)22-11-9-16(10-12-22)21-17(19-3)20-13-15-7-5-14(2)6-8-15/h5-8,16H,4,9-13H2,1-3H3,(H2,19,20,21). The van der Waals surface area contributed by atoms with E-state index in [0.29, 0.717) is 25.7 Å². The second-order valence-electron chi connectivity index (χ2n) is 6.02. The van der Waals surface area contributed by atoms with E-state index in [1.807, 2.05) is 6.92 Å². The van der Waals surface area contributed by atoms with Crippen LogP contribution in [0.2, 0.25) is 0 Å². The number of benzene rings is 1. The Hall–Kier alpha value is -2.24. The van der Waals surface area contributed by atoms with Crippen LogP contribution in [0.15, 0.2) is 29.3 Å². The van der Waals surface area contributed by atoms with Crippen molar-refractivity contribution in [1.29, 1.82) is 0 Å². The Morgan fingerprint density at radius 3 is 2.54 bits per heavy atom. The summed E-state index contributed by atoms with van der Waals surface area (Å²) in [6.07, 6.45) is 1.58. The molecule has 0 atom stereocenters. The maximum absolute atomic E-state index is 11.7. The van der Waals surface area contributed by atoms with E-state index in [1.54, 1.807) is 11.9 Å². The molecule has 0 aliphatic carbocycles. The molecule has 1 aromatic carbocycles. The maximum Gasteiger partial charge on any atom is 0.409 e. The quantitative estimate of drug-likeness (QED) is 0.656. The van der Waals surface area contributed by atoms with Crippen molar-refractivity contribution in [3.8, 4) is 0 Å². The highest BCUT2D eigenvalue weighted by atomic mass is 16.6. The number of amides is 1. The van der Waals surface area contributed by atoms with Crippen LogP contribution >= 0.6 is 0 Å². The van der Waals surface area contributed by atoms with E-state index in [-0.39, 0.29) is 6.09 Å². The van der Waals surface area contributed by atoms with Crippen LogP contribution in [0.3, 0.4) is 0 Å². The van der Waals surface area contributed by atoms with E-state index >= 15 is 0 Å². The van der Waals surface area contributed by atoms with Crippen molar-refractivity contribution in [2.45, 2.75) is 39.3 Å². The number of aryl methyl sites for hydroxylation is 1. The molecule has 1 amide bonds. The molecule has 2 N–H and O–H groups in total. The van der Waals surface area contributed by atoms with E-state index < -0.39 is 0 Å². The largest absolute Gasteiger partial charge is 0.450 e. The molecule has 1 aromatic rings. The summed E-state index contributed by atoms with van der Waals surface area (Å²) in [5.74, 6) is 0.796. The van der Waals surface area contributed by atoms with Gasteiger partial charge in [0.15, 0.2) is 5.96 Å². The second kappa shape index (κ2) is 9.15. The first kappa shape index (κ1) is 18.1. The summed E-state index contributed by atoms with van der Waals surface area (Å²) >= 11 is 0. The first-order chi connectivity index (χ1) is 11.6. The monoisotopic (exact) mass is 332 g/mol. The lowest BCUT2D eigenvalue weighted by Crippen LogP contribution is -2.49. The van der Waals surface area contributed by atoms with Crippen LogP contribution in [0.25, 0.3) is 0 Å². The van der Waals surface area contributed by atoms with Crippen molar-refractivity contribution < 1.29 is 9.53 Å². The molecule has 1 aliphatic heterocycles. The summed E-state index contributed by atoms with van der Waals surface area (Å²) < 4.78 is 5.05. The number of piperidine rings is 1. The number of guanidine groups is 1. The number of nitrogens with one attached hydrogen (secondary N) is 2. The van der Waals surface area contributed by atoms with Gasteiger partial charge in [-0.1, -0.05) is 29.8 Å². The minimum Gasteiger partial charge on any atom is -0.450 e. The first-order valence-corrected chi connectivity index (χ1v) is 8.56. The minimum atomic E-state index is -0.210. The average molecular weight is 332 g/mol. The van der Waals surface area contributed by atoms with E-state index in [9.17, 15) is 4.79 Å². The highest BCUT2D eigenvalue weighted by Crippen LogP contribution is 2.11. The summed E-state index contributed by atoms with van der Waals surface area (Å²) in [4.78, 5) is 17.8. The van der Waals surface area contributed by atoms with Gasteiger partial charge in [-0.25, -0.2) is 4.79 Å². The third kappa shape index (κ3) is 5.44. The molecule has 0 radical (unpaired) electrons. The van der Waals surface area contributed by atoms with Gasteiger partial charge in [-0.2, -0.15) is 0 Å². The van der Waals surface area contributed by atoms with Crippen LogP contribution in [0.4, 0.5) is 4.79 Å². The van der Waals surface area contributed by atoms with Gasteiger partial charge in [0.25, 0.3) is 0 Å². The van der Waals surface area contributed by atoms with Crippen LogP contribution < -0.4 is 10.6 Å². The molecule has 0 aromatic heterocycles. The molecule has 2 rings (SSSR count). The molecule has 1 fully saturated rings. The van der Waals surface area contributed by atoms with Crippen molar-refractivity contribution in [3.05, 3.63) is 35.4 Å². The van der Waals surface area contributed by atoms with Gasteiger partial charge >= 0.3 is 6.09 Å². The number of rotatable bonds is 4. The summed E-state index contributed by atoms with van der Waals surface area (Å²) in [5.41, 5.74) is 2.48. The molecule has 0 bridgehead atoms. The van der Waals surface area contributed by atoms with E-state index in [1.165, 1.54) is 11.1 Å². The third-order valence-corrected chi connectivity index (χ3v) is 4.17. The van der Waals surface area contributed by atoms with Gasteiger partial charge in [0.05, 0.1) is 6.61 Å². The topological polar surface area (TPSA) is 66.0 Å². The number of ether oxygens (including phenoxy) is 1. The molecule has 0 spiro atoms. The summed E-state index contributed by atoms with van der Waals surface area (Å²) in [5, 5.41) is 6.78. The Bertz CT molecular complexity index is 549. The Morgan fingerprint density at radius 2 is 1.96 bits per heavy atom. The van der Waals surface area contributed by atoms with Crippen LogP contribution in [-0.2, 0) is 11.3 Å². The van der Waals surface area contributed by atoms with Gasteiger partial charge in [-0.15, -0.1) is 0 Å². The molecule has 24 heavy (non-hydrogen) atoms. The molecule has 0 unspecified atom stereocenters. The van der Waals surface area contributed by atoms with Gasteiger partial charge in [0.2, 0.25) is 0 Å². The summed E-state index contributed by atoms with van der Waals surface area (Å²) in [6, 6.07) is 8.78. The fraction of sp³-hybridized carbons (Fsp3) is 0.556. The zero-order valence-electron chi connectivity index (χ0n) is 14.8. The van der Waals surface area contributed by atoms with E-state index in [2.05, 4.69) is 46.8 Å². The maximum atomic E-state index is 11.7. The number of aliphatic imine (C=N–C) groups is 1. The second-order valence-corrected chi connectivity index (χ2v) is 6.02. The molecule has 6 heteroatoms. The molecule has 0 saturated carbocycles. The smallest absolute Gasteiger partial charge is 0.409 e. The van der Waals surface area contributed by atoms with Crippen molar-refractivity contribution >= 4 is 12.1 Å². The Morgan fingerprint density at radius 1 is 1.29 bits per heavy atom. The van der Waals surface area contributed by atoms with E-state index in [4.69, 9.17) is 4.74 Å². The van der Waals surface area contributed by atoms with Crippen LogP contribution in [-0.4, -0.2) is 49.7 Å². The number of carbonyl (C=O) groups is 1. The SMILES string of the molecule is CCOC(=O)N1CCC(NC(=NC)NCc2ccc(C)cc2)CC1. The highest BCUT2D eigenvalue weighted by molar-refractivity contribution is 5.80. The van der Waals surface area contributed by atoms with Crippen molar-refractivity contribution in [3.63, 3.8) is 0 Å². The third-order valence-electron chi connectivity index (χ3n) is 4.17. The van der Waals surface area contributed by atoms with Crippen LogP contribution in [0.1, 0.15) is 30.9 Å². The molecule has 1 saturated heterocycles. The highest BCUT2D eigenvalue weighted by Gasteiger charge is 2.23. The Labute approximate surface area is 144 Å². The Balaban J connectivity index is 1.75. The Kier molecular flexibility index (Phi) is 6.90. The number of hydrogen-bond acceptors (Lipinski definition) is 3. The summed E-state index contributed by atoms with van der Waals surface area (Å²) in [6.45, 7) is 6.50. The predicted molar refractivity (Wildman–Crippen MR) is 96.1 cm³/mol. The van der Waals surface area contributed by atoms with Gasteiger partial charge in [0.1, 0.15) is 0 Å². The lowest BCUT2D eigenvalue weighted by atomic mass is 10.1. The number of nitrogens with zero attached hydrogens (tertiary/aromatic N) is 2. The zero-order chi connectivity index (χ0) is 17.4. The molecular formula is C18H28N4O2. The van der Waals surface area contributed by atoms with Gasteiger partial charge in [0, 0.05) is 32.7 Å². The molecule has 132 valence electrons. The van der Waals surface area contributed by atoms with Crippen molar-refractivity contribution in [2.24, 2.45) is 4.99 Å². The zero-order valence-corrected chi connectivity index (χ0v) is 14.8. The van der Waals surface area contributed by atoms with Crippen molar-refractivity contribution in [1.82, 2.24) is 15.5 Å². The number of hydrogen-bond donors (Lipinski definition) is 2. The van der Waals surface area contributed by atoms with Gasteiger partial charge in [-0.3, -0.25) is 4.99 Å². The molecule has 1 heterocycles. The molecule has 1 aliphatic rings. The average Bonchev–Trinajstić information content (AvgIpc) is 2.60. The minimum absolute atomic E-state index is 0.210. The lowest BCUT2D eigenvalue weighted by Gasteiger charge is -2.32. The molecule has 6 nitrogen and oxygen atoms in total. The van der Waals surface area contributed by atoms with Crippen LogP contribution in [0, 0.1) is 6.92 Å². The molecular weight excluding hydrogens is 304 g/mol. The van der Waals surface area contributed by atoms with Crippen LogP contribution in [0.5, 0.6) is 0 Å². The normalized spacial score (nSPS) is 16.0. The predicted octanol–water partition coefficient (Wildman–Crippen LogP) is 2.28. The number of likely N-dealkylation sites (tertiary alicyclic amines) is 1. The lowest BCUT2D eigenvalue weighted by molar-refractivity contribution is 0.0963. The first-order valence-electron chi connectivity index (χ1n) is 8.56. The number of carbonyl (C=O) groups excluding carboxylic acids is 1. The van der Waals surface area contributed by atoms with Gasteiger partial charge < -0.3 is 20.3 Å². The van der Waals surface area contributed by atoms with Crippen molar-refractivity contribution in [2.75, 3.05) is 26.7 Å². The fourth-order valence-corrected chi connectivity index (χ4v) is 2.70. The van der Waals surface area contributed by atoms with Gasteiger partial charge in [-0.05, 0) is 32.3 Å².